The van der Waals surface area contributed by atoms with E-state index in [0.717, 1.165) is 19.6 Å². The molecule has 11 heteroatoms. The zero-order valence-corrected chi connectivity index (χ0v) is 21.3. The first kappa shape index (κ1) is 26.3. The second kappa shape index (κ2) is 9.92. The van der Waals surface area contributed by atoms with Gasteiger partial charge in [-0.1, -0.05) is 32.0 Å². The molecule has 1 aliphatic heterocycles. The zero-order valence-electron chi connectivity index (χ0n) is 21.3. The number of fused-ring (bicyclic) bond motifs is 1. The number of nitrogens with zero attached hydrogens (tertiary/aromatic N) is 3. The number of ketones is 1. The third-order valence-electron chi connectivity index (χ3n) is 6.22. The van der Waals surface area contributed by atoms with Crippen LogP contribution in [0, 0.1) is 12.8 Å². The molecule has 0 saturated carbocycles. The number of aryl methyl sites for hydroxylation is 1. The number of amides is 2. The summed E-state index contributed by atoms with van der Waals surface area (Å²) in [5.41, 5.74) is 5.25. The first-order valence-electron chi connectivity index (χ1n) is 11.8. The van der Waals surface area contributed by atoms with Crippen molar-refractivity contribution in [1.29, 1.82) is 0 Å². The molecule has 2 heterocycles. The Bertz CT molecular complexity index is 1630. The Morgan fingerprint density at radius 2 is 1.63 bits per heavy atom. The van der Waals surface area contributed by atoms with Crippen molar-refractivity contribution in [2.75, 3.05) is 17.2 Å². The Morgan fingerprint density at radius 1 is 0.974 bits per heavy atom. The van der Waals surface area contributed by atoms with E-state index in [0.29, 0.717) is 5.69 Å². The van der Waals surface area contributed by atoms with Crippen LogP contribution >= 0.6 is 0 Å². The molecule has 2 N–H and O–H groups in total. The summed E-state index contributed by atoms with van der Waals surface area (Å²) < 4.78 is 7.01. The van der Waals surface area contributed by atoms with Gasteiger partial charge in [-0.15, -0.1) is 0 Å². The van der Waals surface area contributed by atoms with Gasteiger partial charge in [0.15, 0.2) is 6.61 Å². The van der Waals surface area contributed by atoms with Gasteiger partial charge < -0.3 is 10.5 Å². The lowest BCUT2D eigenvalue weighted by molar-refractivity contribution is 0.0474. The third-order valence-corrected chi connectivity index (χ3v) is 6.22. The molecular weight excluding hydrogens is 492 g/mol. The molecule has 2 amide bonds. The van der Waals surface area contributed by atoms with Crippen molar-refractivity contribution in [3.8, 4) is 0 Å². The topological polar surface area (TPSA) is 151 Å². The summed E-state index contributed by atoms with van der Waals surface area (Å²) in [7, 11) is 1.23. The zero-order chi connectivity index (χ0) is 27.9. The fraction of sp³-hybridized carbons (Fsp3) is 0.259. The van der Waals surface area contributed by atoms with Gasteiger partial charge in [-0.2, -0.15) is 0 Å². The summed E-state index contributed by atoms with van der Waals surface area (Å²) in [5.74, 6) is -3.23. The van der Waals surface area contributed by atoms with Crippen molar-refractivity contribution < 1.29 is 23.9 Å². The molecule has 3 aromatic rings. The maximum atomic E-state index is 13.0. The van der Waals surface area contributed by atoms with Gasteiger partial charge in [-0.05, 0) is 42.7 Å². The minimum Gasteiger partial charge on any atom is -0.454 e. The summed E-state index contributed by atoms with van der Waals surface area (Å²) in [6.45, 7) is 4.82. The number of anilines is 2. The van der Waals surface area contributed by atoms with E-state index in [1.165, 1.54) is 25.2 Å². The largest absolute Gasteiger partial charge is 0.454 e. The molecule has 0 atom stereocenters. The molecule has 1 aromatic heterocycles. The number of carbonyl (C=O) groups is 4. The van der Waals surface area contributed by atoms with Gasteiger partial charge in [0, 0.05) is 13.6 Å². The fourth-order valence-corrected chi connectivity index (χ4v) is 4.27. The van der Waals surface area contributed by atoms with Crippen LogP contribution in [-0.4, -0.2) is 39.3 Å². The highest BCUT2D eigenvalue weighted by Crippen LogP contribution is 2.31. The van der Waals surface area contributed by atoms with E-state index in [4.69, 9.17) is 10.5 Å². The van der Waals surface area contributed by atoms with Gasteiger partial charge in [-0.3, -0.25) is 28.3 Å². The van der Waals surface area contributed by atoms with Crippen molar-refractivity contribution in [2.45, 2.75) is 27.3 Å². The number of imide groups is 1. The average Bonchev–Trinajstić information content (AvgIpc) is 3.13. The van der Waals surface area contributed by atoms with Crippen LogP contribution in [0.2, 0.25) is 0 Å². The van der Waals surface area contributed by atoms with Gasteiger partial charge in [0.05, 0.1) is 22.4 Å². The van der Waals surface area contributed by atoms with Crippen molar-refractivity contribution in [2.24, 2.45) is 13.0 Å². The molecule has 0 aliphatic carbocycles. The molecule has 0 radical (unpaired) electrons. The van der Waals surface area contributed by atoms with E-state index in [-0.39, 0.29) is 35.0 Å². The maximum absolute atomic E-state index is 13.0. The van der Waals surface area contributed by atoms with Crippen molar-refractivity contribution in [3.05, 3.63) is 91.1 Å². The van der Waals surface area contributed by atoms with Crippen LogP contribution in [0.3, 0.4) is 0 Å². The molecule has 0 bridgehead atoms. The SMILES string of the molecule is Cc1ccccc1N1C(=O)c2ccc(C(=O)OCC(=O)c3c(N)n(CC(C)C)c(=O)n(C)c3=O)cc2C1=O. The monoisotopic (exact) mass is 518 g/mol. The predicted molar refractivity (Wildman–Crippen MR) is 139 cm³/mol. The number of para-hydroxylation sites is 1. The van der Waals surface area contributed by atoms with Gasteiger partial charge in [-0.25, -0.2) is 14.5 Å². The van der Waals surface area contributed by atoms with Crippen LogP contribution in [0.25, 0.3) is 0 Å². The Kier molecular flexibility index (Phi) is 6.86. The number of esters is 1. The number of nitrogens with two attached hydrogens (primary N) is 1. The molecular formula is C27H26N4O7. The van der Waals surface area contributed by atoms with Crippen molar-refractivity contribution in [3.63, 3.8) is 0 Å². The first-order valence-corrected chi connectivity index (χ1v) is 11.8. The van der Waals surface area contributed by atoms with Gasteiger partial charge in [0.25, 0.3) is 17.4 Å². The fourth-order valence-electron chi connectivity index (χ4n) is 4.27. The van der Waals surface area contributed by atoms with E-state index in [1.54, 1.807) is 31.2 Å². The number of hydrogen-bond donors (Lipinski definition) is 1. The van der Waals surface area contributed by atoms with Crippen LogP contribution in [0.15, 0.2) is 52.1 Å². The van der Waals surface area contributed by atoms with Crippen LogP contribution in [0.5, 0.6) is 0 Å². The second-order valence-corrected chi connectivity index (χ2v) is 9.40. The highest BCUT2D eigenvalue weighted by molar-refractivity contribution is 6.35. The number of Topliss-reactive ketones (excluding diaryl/α,β-unsaturated/α-hetero) is 1. The number of aromatic nitrogens is 2. The molecule has 0 saturated heterocycles. The Morgan fingerprint density at radius 3 is 2.29 bits per heavy atom. The van der Waals surface area contributed by atoms with E-state index in [9.17, 15) is 28.8 Å². The Balaban J connectivity index is 1.56. The summed E-state index contributed by atoms with van der Waals surface area (Å²) in [6.07, 6.45) is 0. The minimum absolute atomic E-state index is 0.00409. The maximum Gasteiger partial charge on any atom is 0.338 e. The van der Waals surface area contributed by atoms with E-state index >= 15 is 0 Å². The number of carbonyl (C=O) groups excluding carboxylic acids is 4. The molecule has 0 unspecified atom stereocenters. The number of ether oxygens (including phenoxy) is 1. The number of nitrogen functional groups attached to an aromatic ring is 1. The summed E-state index contributed by atoms with van der Waals surface area (Å²) in [5, 5.41) is 0. The average molecular weight is 519 g/mol. The van der Waals surface area contributed by atoms with E-state index < -0.39 is 47.0 Å². The quantitative estimate of drug-likeness (QED) is 0.283. The molecule has 4 rings (SSSR count). The second-order valence-electron chi connectivity index (χ2n) is 9.40. The van der Waals surface area contributed by atoms with Crippen molar-refractivity contribution in [1.82, 2.24) is 9.13 Å². The van der Waals surface area contributed by atoms with Gasteiger partial charge in [0.2, 0.25) is 5.78 Å². The standard InChI is InChI=1S/C27H26N4O7/c1-14(2)12-30-22(28)21(25(35)29(4)27(30)37)20(32)13-38-26(36)16-9-10-17-18(11-16)24(34)31(23(17)33)19-8-6-5-7-15(19)3/h5-11,14H,12-13,28H2,1-4H3. The summed E-state index contributed by atoms with van der Waals surface area (Å²) in [4.78, 5) is 77.6. The van der Waals surface area contributed by atoms with Gasteiger partial charge >= 0.3 is 11.7 Å². The molecule has 0 fully saturated rings. The highest BCUT2D eigenvalue weighted by atomic mass is 16.5. The normalized spacial score (nSPS) is 12.7. The third kappa shape index (κ3) is 4.42. The predicted octanol–water partition coefficient (Wildman–Crippen LogP) is 1.93. The lowest BCUT2D eigenvalue weighted by Crippen LogP contribution is -2.43. The summed E-state index contributed by atoms with van der Waals surface area (Å²) in [6, 6.07) is 10.8. The summed E-state index contributed by atoms with van der Waals surface area (Å²) >= 11 is 0. The highest BCUT2D eigenvalue weighted by Gasteiger charge is 2.38. The number of hydrogen-bond acceptors (Lipinski definition) is 8. The van der Waals surface area contributed by atoms with E-state index in [2.05, 4.69) is 0 Å². The molecule has 0 spiro atoms. The van der Waals surface area contributed by atoms with E-state index in [1.807, 2.05) is 13.8 Å². The minimum atomic E-state index is -0.943. The van der Waals surface area contributed by atoms with Crippen LogP contribution in [0.4, 0.5) is 11.5 Å². The molecule has 196 valence electrons. The van der Waals surface area contributed by atoms with Crippen molar-refractivity contribution >= 4 is 35.1 Å². The van der Waals surface area contributed by atoms with Crippen LogP contribution in [0.1, 0.15) is 60.8 Å². The molecule has 11 nitrogen and oxygen atoms in total. The van der Waals surface area contributed by atoms with Crippen LogP contribution < -0.4 is 21.9 Å². The Labute approximate surface area is 217 Å². The van der Waals surface area contributed by atoms with Crippen LogP contribution in [-0.2, 0) is 18.3 Å². The Hall–Kier alpha value is -4.80. The first-order chi connectivity index (χ1) is 17.9. The lowest BCUT2D eigenvalue weighted by atomic mass is 10.1. The lowest BCUT2D eigenvalue weighted by Gasteiger charge is -2.16. The van der Waals surface area contributed by atoms with Gasteiger partial charge in [0.1, 0.15) is 11.4 Å². The smallest absolute Gasteiger partial charge is 0.338 e. The number of rotatable bonds is 7. The molecule has 2 aromatic carbocycles. The molecule has 38 heavy (non-hydrogen) atoms. The molecule has 1 aliphatic rings. The number of benzene rings is 2.